The topological polar surface area (TPSA) is 66.8 Å². The number of nitrogens with zero attached hydrogens (tertiary/aromatic N) is 3. The van der Waals surface area contributed by atoms with Crippen molar-refractivity contribution in [3.63, 3.8) is 0 Å². The smallest absolute Gasteiger partial charge is 0.321 e. The number of fused-ring (bicyclic) bond motifs is 4. The summed E-state index contributed by atoms with van der Waals surface area (Å²) in [6.07, 6.45) is 0. The Morgan fingerprint density at radius 3 is 2.50 bits per heavy atom. The highest BCUT2D eigenvalue weighted by molar-refractivity contribution is 6.20. The van der Waals surface area contributed by atoms with Gasteiger partial charge in [-0.3, -0.25) is 9.69 Å². The molecular formula is C33H38N4O3. The van der Waals surface area contributed by atoms with E-state index in [0.717, 1.165) is 69.9 Å². The van der Waals surface area contributed by atoms with Crippen LogP contribution < -0.4 is 15.0 Å². The summed E-state index contributed by atoms with van der Waals surface area (Å²) in [5.74, 6) is 0.838. The third-order valence-electron chi connectivity index (χ3n) is 8.15. The number of likely N-dealkylation sites (N-methyl/N-ethyl adjacent to an activating group) is 1. The van der Waals surface area contributed by atoms with Gasteiger partial charge in [-0.2, -0.15) is 0 Å². The number of aromatic nitrogens is 1. The van der Waals surface area contributed by atoms with E-state index in [1.54, 1.807) is 11.9 Å². The number of hydrogen-bond donors (Lipinski definition) is 1. The van der Waals surface area contributed by atoms with Crippen molar-refractivity contribution in [1.29, 1.82) is 0 Å². The molecule has 1 aliphatic carbocycles. The van der Waals surface area contributed by atoms with Crippen molar-refractivity contribution in [2.45, 2.75) is 33.2 Å². The van der Waals surface area contributed by atoms with Crippen LogP contribution in [0.15, 0.2) is 66.7 Å². The van der Waals surface area contributed by atoms with Gasteiger partial charge in [0.1, 0.15) is 12.4 Å². The van der Waals surface area contributed by atoms with Crippen LogP contribution in [0.3, 0.4) is 0 Å². The van der Waals surface area contributed by atoms with Gasteiger partial charge in [0.25, 0.3) is 0 Å². The molecule has 0 aliphatic heterocycles. The predicted octanol–water partition coefficient (Wildman–Crippen LogP) is 5.94. The van der Waals surface area contributed by atoms with E-state index in [0.29, 0.717) is 13.2 Å². The van der Waals surface area contributed by atoms with Gasteiger partial charge in [-0.1, -0.05) is 51.1 Å². The zero-order valence-corrected chi connectivity index (χ0v) is 24.0. The highest BCUT2D eigenvalue weighted by Gasteiger charge is 2.34. The molecule has 0 spiro atoms. The predicted molar refractivity (Wildman–Crippen MR) is 161 cm³/mol. The van der Waals surface area contributed by atoms with Crippen molar-refractivity contribution in [2.75, 3.05) is 38.2 Å². The number of benzene rings is 3. The Kier molecular flexibility index (Phi) is 7.94. The number of rotatable bonds is 9. The van der Waals surface area contributed by atoms with Gasteiger partial charge in [0.05, 0.1) is 11.1 Å². The molecule has 0 radical (unpaired) electrons. The first-order valence-corrected chi connectivity index (χ1v) is 14.1. The van der Waals surface area contributed by atoms with E-state index in [1.165, 1.54) is 0 Å². The molecule has 208 valence electrons. The van der Waals surface area contributed by atoms with Crippen LogP contribution in [0.4, 0.5) is 10.5 Å². The highest BCUT2D eigenvalue weighted by atomic mass is 16.5. The van der Waals surface area contributed by atoms with E-state index in [1.807, 2.05) is 73.8 Å². The minimum absolute atomic E-state index is 0.0155. The van der Waals surface area contributed by atoms with E-state index in [2.05, 4.69) is 35.6 Å². The molecule has 0 saturated heterocycles. The molecule has 4 aromatic rings. The maximum absolute atomic E-state index is 13.8. The van der Waals surface area contributed by atoms with Crippen molar-refractivity contribution in [3.05, 3.63) is 94.7 Å². The number of hydrogen-bond acceptors (Lipinski definition) is 4. The monoisotopic (exact) mass is 538 g/mol. The number of amides is 2. The van der Waals surface area contributed by atoms with Gasteiger partial charge in [-0.05, 0) is 60.6 Å². The van der Waals surface area contributed by atoms with Crippen LogP contribution in [0.25, 0.3) is 10.9 Å². The van der Waals surface area contributed by atoms with Crippen LogP contribution in [0, 0.1) is 0 Å². The van der Waals surface area contributed by atoms with E-state index >= 15 is 0 Å². The van der Waals surface area contributed by atoms with Crippen LogP contribution in [0.2, 0.25) is 0 Å². The third kappa shape index (κ3) is 5.09. The maximum atomic E-state index is 13.8. The summed E-state index contributed by atoms with van der Waals surface area (Å²) in [6, 6.07) is 21.3. The van der Waals surface area contributed by atoms with Crippen LogP contribution in [0.1, 0.15) is 59.4 Å². The molecule has 1 aromatic heterocycles. The standard InChI is InChI=1S/C33H38N4O3/c1-6-37(7-2)17-18-40-25-14-16-26-28(20-25)22(3)31-30(32(26)38)27-15-13-24(19-29(27)36(31)5)35(4)33(39)34-21-23-11-9-8-10-12-23/h8-16,19-20,22H,6-7,17-18,21H2,1-5H3,(H,34,39). The lowest BCUT2D eigenvalue weighted by Crippen LogP contribution is -2.36. The average molecular weight is 539 g/mol. The Balaban J connectivity index is 1.39. The number of nitrogens with one attached hydrogen (secondary N) is 1. The Hall–Kier alpha value is -4.10. The first-order valence-electron chi connectivity index (χ1n) is 14.1. The molecule has 1 unspecified atom stereocenters. The molecule has 1 N–H and O–H groups in total. The molecule has 2 amide bonds. The van der Waals surface area contributed by atoms with Crippen LogP contribution in [-0.4, -0.2) is 54.6 Å². The van der Waals surface area contributed by atoms with E-state index in [4.69, 9.17) is 4.74 Å². The molecule has 0 fully saturated rings. The van der Waals surface area contributed by atoms with Crippen molar-refractivity contribution in [1.82, 2.24) is 14.8 Å². The second kappa shape index (κ2) is 11.6. The second-order valence-electron chi connectivity index (χ2n) is 10.4. The normalized spacial score (nSPS) is 14.2. The largest absolute Gasteiger partial charge is 0.492 e. The number of urea groups is 1. The molecule has 1 aliphatic rings. The summed E-state index contributed by atoms with van der Waals surface area (Å²) in [7, 11) is 3.76. The van der Waals surface area contributed by atoms with Gasteiger partial charge < -0.3 is 19.5 Å². The van der Waals surface area contributed by atoms with Crippen LogP contribution in [0.5, 0.6) is 5.75 Å². The lowest BCUT2D eigenvalue weighted by atomic mass is 9.81. The van der Waals surface area contributed by atoms with Gasteiger partial charge >= 0.3 is 6.03 Å². The summed E-state index contributed by atoms with van der Waals surface area (Å²) in [5, 5.41) is 3.88. The Labute approximate surface area is 236 Å². The van der Waals surface area contributed by atoms with E-state index in [9.17, 15) is 9.59 Å². The van der Waals surface area contributed by atoms with Crippen molar-refractivity contribution in [3.8, 4) is 5.75 Å². The molecule has 1 atom stereocenters. The zero-order valence-electron chi connectivity index (χ0n) is 24.0. The number of ether oxygens (including phenoxy) is 1. The molecule has 0 saturated carbocycles. The summed E-state index contributed by atoms with van der Waals surface area (Å²) >= 11 is 0. The van der Waals surface area contributed by atoms with Crippen molar-refractivity contribution < 1.29 is 14.3 Å². The summed E-state index contributed by atoms with van der Waals surface area (Å²) in [4.78, 5) is 30.6. The summed E-state index contributed by atoms with van der Waals surface area (Å²) in [6.45, 7) is 10.4. The van der Waals surface area contributed by atoms with Crippen LogP contribution >= 0.6 is 0 Å². The molecular weight excluding hydrogens is 500 g/mol. The Morgan fingerprint density at radius 2 is 1.77 bits per heavy atom. The fourth-order valence-corrected chi connectivity index (χ4v) is 5.72. The van der Waals surface area contributed by atoms with Crippen LogP contribution in [-0.2, 0) is 13.6 Å². The number of aryl methyl sites for hydroxylation is 1. The SMILES string of the molecule is CCN(CC)CCOc1ccc2c(c1)C(C)c1c(c3ccc(N(C)C(=O)NCc4ccccc4)cc3n1C)C2=O. The lowest BCUT2D eigenvalue weighted by Gasteiger charge is -2.25. The van der Waals surface area contributed by atoms with E-state index < -0.39 is 0 Å². The quantitative estimate of drug-likeness (QED) is 0.286. The zero-order chi connectivity index (χ0) is 28.4. The Morgan fingerprint density at radius 1 is 1.02 bits per heavy atom. The van der Waals surface area contributed by atoms with Gasteiger partial charge in [-0.15, -0.1) is 0 Å². The maximum Gasteiger partial charge on any atom is 0.321 e. The number of anilines is 1. The summed E-state index contributed by atoms with van der Waals surface area (Å²) < 4.78 is 8.18. The minimum atomic E-state index is -0.187. The molecule has 40 heavy (non-hydrogen) atoms. The lowest BCUT2D eigenvalue weighted by molar-refractivity contribution is 0.103. The Bertz CT molecular complexity index is 1540. The molecule has 7 heteroatoms. The first-order chi connectivity index (χ1) is 19.3. The average Bonchev–Trinajstić information content (AvgIpc) is 3.28. The second-order valence-corrected chi connectivity index (χ2v) is 10.4. The third-order valence-corrected chi connectivity index (χ3v) is 8.15. The van der Waals surface area contributed by atoms with Gasteiger partial charge in [0, 0.05) is 55.4 Å². The van der Waals surface area contributed by atoms with Gasteiger partial charge in [0.2, 0.25) is 0 Å². The van der Waals surface area contributed by atoms with Gasteiger partial charge in [0.15, 0.2) is 5.78 Å². The number of ketones is 1. The van der Waals surface area contributed by atoms with Gasteiger partial charge in [-0.25, -0.2) is 4.79 Å². The molecule has 1 heterocycles. The molecule has 7 nitrogen and oxygen atoms in total. The number of carbonyl (C=O) groups is 2. The number of carbonyl (C=O) groups excluding carboxylic acids is 2. The van der Waals surface area contributed by atoms with Crippen molar-refractivity contribution in [2.24, 2.45) is 7.05 Å². The minimum Gasteiger partial charge on any atom is -0.492 e. The van der Waals surface area contributed by atoms with Crippen molar-refractivity contribution >= 4 is 28.4 Å². The molecule has 0 bridgehead atoms. The first kappa shape index (κ1) is 27.5. The fraction of sp³-hybridized carbons (Fsp3) is 0.333. The summed E-state index contributed by atoms with van der Waals surface area (Å²) in [5.41, 5.74) is 6.17. The fourth-order valence-electron chi connectivity index (χ4n) is 5.72. The molecule has 5 rings (SSSR count). The van der Waals surface area contributed by atoms with E-state index in [-0.39, 0.29) is 17.7 Å². The molecule has 3 aromatic carbocycles. The highest BCUT2D eigenvalue weighted by Crippen LogP contribution is 2.42.